The first-order valence-corrected chi connectivity index (χ1v) is 5.30. The molecule has 0 fully saturated rings. The molecular weight excluding hydrogens is 253 g/mol. The number of halogens is 1. The first kappa shape index (κ1) is 11.2. The van der Waals surface area contributed by atoms with Crippen molar-refractivity contribution in [3.8, 4) is 17.0 Å². The summed E-state index contributed by atoms with van der Waals surface area (Å²) >= 11 is 0. The average molecular weight is 261 g/mol. The summed E-state index contributed by atoms with van der Waals surface area (Å²) in [4.78, 5) is 18.0. The number of nitrogen functional groups attached to an aromatic ring is 1. The first-order valence-electron chi connectivity index (χ1n) is 5.30. The van der Waals surface area contributed by atoms with Crippen LogP contribution in [0, 0.1) is 5.82 Å². The monoisotopic (exact) mass is 261 g/mol. The van der Waals surface area contributed by atoms with Gasteiger partial charge in [0.05, 0.1) is 0 Å². The van der Waals surface area contributed by atoms with Crippen molar-refractivity contribution in [3.05, 3.63) is 40.4 Å². The number of aromatic amines is 1. The molecule has 0 spiro atoms. The van der Waals surface area contributed by atoms with E-state index in [2.05, 4.69) is 15.1 Å². The zero-order valence-electron chi connectivity index (χ0n) is 9.46. The van der Waals surface area contributed by atoms with Crippen molar-refractivity contribution in [1.29, 1.82) is 0 Å². The molecule has 96 valence electrons. The van der Waals surface area contributed by atoms with Gasteiger partial charge >= 0.3 is 0 Å². The van der Waals surface area contributed by atoms with Crippen LogP contribution in [0.1, 0.15) is 0 Å². The first-order chi connectivity index (χ1) is 9.08. The summed E-state index contributed by atoms with van der Waals surface area (Å²) in [6.07, 6.45) is 0. The fourth-order valence-electron chi connectivity index (χ4n) is 1.83. The third-order valence-electron chi connectivity index (χ3n) is 2.64. The summed E-state index contributed by atoms with van der Waals surface area (Å²) in [5, 5.41) is 13.8. The molecule has 8 heteroatoms. The van der Waals surface area contributed by atoms with Gasteiger partial charge in [-0.2, -0.15) is 9.50 Å². The van der Waals surface area contributed by atoms with Crippen LogP contribution in [0.4, 0.5) is 10.3 Å². The van der Waals surface area contributed by atoms with Gasteiger partial charge in [-0.3, -0.25) is 9.78 Å². The Kier molecular flexibility index (Phi) is 2.24. The van der Waals surface area contributed by atoms with E-state index < -0.39 is 17.3 Å². The van der Waals surface area contributed by atoms with Crippen LogP contribution in [-0.4, -0.2) is 24.7 Å². The Balaban J connectivity index is 2.42. The quantitative estimate of drug-likeness (QED) is 0.591. The minimum absolute atomic E-state index is 0.0138. The molecule has 7 nitrogen and oxygen atoms in total. The number of rotatable bonds is 1. The van der Waals surface area contributed by atoms with Crippen molar-refractivity contribution in [1.82, 2.24) is 19.6 Å². The highest BCUT2D eigenvalue weighted by molar-refractivity contribution is 5.69. The molecule has 0 bridgehead atoms. The largest absolute Gasteiger partial charge is 0.493 e. The van der Waals surface area contributed by atoms with Crippen molar-refractivity contribution in [2.45, 2.75) is 0 Å². The number of nitrogens with one attached hydrogen (secondary N) is 1. The number of aromatic hydroxyl groups is 1. The van der Waals surface area contributed by atoms with Gasteiger partial charge < -0.3 is 10.8 Å². The molecule has 3 rings (SSSR count). The number of fused-ring (bicyclic) bond motifs is 1. The Labute approximate surface area is 105 Å². The number of hydrogen-bond donors (Lipinski definition) is 3. The second-order valence-electron chi connectivity index (χ2n) is 3.84. The van der Waals surface area contributed by atoms with Crippen molar-refractivity contribution < 1.29 is 9.50 Å². The lowest BCUT2D eigenvalue weighted by atomic mass is 10.1. The molecule has 0 aliphatic carbocycles. The summed E-state index contributed by atoms with van der Waals surface area (Å²) in [7, 11) is 0. The molecule has 0 saturated carbocycles. The molecule has 3 aromatic rings. The maximum atomic E-state index is 13.7. The van der Waals surface area contributed by atoms with Crippen LogP contribution in [0.5, 0.6) is 5.88 Å². The molecule has 2 heterocycles. The van der Waals surface area contributed by atoms with E-state index in [1.807, 2.05) is 0 Å². The van der Waals surface area contributed by atoms with E-state index in [0.29, 0.717) is 0 Å². The highest BCUT2D eigenvalue weighted by Gasteiger charge is 2.18. The lowest BCUT2D eigenvalue weighted by Gasteiger charge is -2.05. The van der Waals surface area contributed by atoms with Gasteiger partial charge in [0.15, 0.2) is 0 Å². The van der Waals surface area contributed by atoms with Crippen LogP contribution in [0.3, 0.4) is 0 Å². The fraction of sp³-hybridized carbons (Fsp3) is 0. The van der Waals surface area contributed by atoms with Crippen molar-refractivity contribution >= 4 is 11.7 Å². The maximum absolute atomic E-state index is 13.7. The number of hydrogen-bond acceptors (Lipinski definition) is 5. The van der Waals surface area contributed by atoms with Gasteiger partial charge in [0, 0.05) is 5.56 Å². The number of nitrogens with two attached hydrogens (primary N) is 1. The van der Waals surface area contributed by atoms with Gasteiger partial charge in [-0.25, -0.2) is 4.39 Å². The van der Waals surface area contributed by atoms with Crippen molar-refractivity contribution in [2.75, 3.05) is 5.73 Å². The molecule has 0 saturated heterocycles. The van der Waals surface area contributed by atoms with Gasteiger partial charge in [-0.1, -0.05) is 18.2 Å². The van der Waals surface area contributed by atoms with E-state index in [1.54, 1.807) is 6.07 Å². The van der Waals surface area contributed by atoms with Crippen LogP contribution in [0.25, 0.3) is 16.9 Å². The van der Waals surface area contributed by atoms with Gasteiger partial charge in [0.2, 0.25) is 17.6 Å². The molecule has 1 aromatic carbocycles. The Bertz CT molecular complexity index is 839. The molecule has 4 N–H and O–H groups in total. The molecule has 0 amide bonds. The summed E-state index contributed by atoms with van der Waals surface area (Å²) < 4.78 is 14.6. The highest BCUT2D eigenvalue weighted by atomic mass is 19.1. The fourth-order valence-corrected chi connectivity index (χ4v) is 1.83. The van der Waals surface area contributed by atoms with E-state index in [1.165, 1.54) is 18.2 Å². The maximum Gasteiger partial charge on any atom is 0.264 e. The van der Waals surface area contributed by atoms with Crippen LogP contribution < -0.4 is 11.3 Å². The van der Waals surface area contributed by atoms with E-state index in [-0.39, 0.29) is 22.9 Å². The van der Waals surface area contributed by atoms with Crippen molar-refractivity contribution in [3.63, 3.8) is 0 Å². The third-order valence-corrected chi connectivity index (χ3v) is 2.64. The minimum atomic E-state index is -0.678. The Hall–Kier alpha value is -2.90. The molecule has 0 aliphatic heterocycles. The van der Waals surface area contributed by atoms with Crippen LogP contribution in [0.15, 0.2) is 29.1 Å². The van der Waals surface area contributed by atoms with Crippen LogP contribution in [0.2, 0.25) is 0 Å². The normalized spacial score (nSPS) is 11.0. The molecule has 0 radical (unpaired) electrons. The van der Waals surface area contributed by atoms with E-state index >= 15 is 0 Å². The standard InChI is InChI=1S/C11H8FN5O2/c12-6-4-2-1-3-5(6)7-8(18)14-11-15-10(13)16-17(11)9(7)19/h1-4,19H,(H3,13,14,15,16,18). The Morgan fingerprint density at radius 2 is 2.11 bits per heavy atom. The number of benzene rings is 1. The van der Waals surface area contributed by atoms with Gasteiger partial charge in [-0.15, -0.1) is 5.10 Å². The number of nitrogens with zero attached hydrogens (tertiary/aromatic N) is 3. The van der Waals surface area contributed by atoms with E-state index in [9.17, 15) is 14.3 Å². The number of H-pyrrole nitrogens is 1. The highest BCUT2D eigenvalue weighted by Crippen LogP contribution is 2.27. The second kappa shape index (κ2) is 3.80. The van der Waals surface area contributed by atoms with E-state index in [0.717, 1.165) is 4.52 Å². The summed E-state index contributed by atoms with van der Waals surface area (Å²) in [5.41, 5.74) is 4.44. The predicted molar refractivity (Wildman–Crippen MR) is 65.1 cm³/mol. The molecule has 0 atom stereocenters. The Morgan fingerprint density at radius 1 is 1.37 bits per heavy atom. The van der Waals surface area contributed by atoms with E-state index in [4.69, 9.17) is 5.73 Å². The zero-order valence-corrected chi connectivity index (χ0v) is 9.46. The summed E-state index contributed by atoms with van der Waals surface area (Å²) in [5.74, 6) is -1.28. The predicted octanol–water partition coefficient (Wildman–Crippen LogP) is 0.512. The smallest absolute Gasteiger partial charge is 0.264 e. The third kappa shape index (κ3) is 1.61. The van der Waals surface area contributed by atoms with Gasteiger partial charge in [-0.05, 0) is 6.07 Å². The number of aromatic nitrogens is 4. The second-order valence-corrected chi connectivity index (χ2v) is 3.84. The lowest BCUT2D eigenvalue weighted by molar-refractivity contribution is 0.436. The summed E-state index contributed by atoms with van der Waals surface area (Å²) in [6.45, 7) is 0. The van der Waals surface area contributed by atoms with Crippen LogP contribution >= 0.6 is 0 Å². The van der Waals surface area contributed by atoms with Crippen LogP contribution in [-0.2, 0) is 0 Å². The number of anilines is 1. The Morgan fingerprint density at radius 3 is 2.84 bits per heavy atom. The molecular formula is C11H8FN5O2. The van der Waals surface area contributed by atoms with Gasteiger partial charge in [0.1, 0.15) is 11.4 Å². The summed E-state index contributed by atoms with van der Waals surface area (Å²) in [6, 6.07) is 5.60. The SMILES string of the molecule is Nc1nc2[nH]c(=O)c(-c3ccccc3F)c(O)n2n1. The molecule has 0 unspecified atom stereocenters. The lowest BCUT2D eigenvalue weighted by Crippen LogP contribution is -2.13. The topological polar surface area (TPSA) is 109 Å². The van der Waals surface area contributed by atoms with Gasteiger partial charge in [0.25, 0.3) is 5.56 Å². The average Bonchev–Trinajstić information content (AvgIpc) is 2.72. The molecule has 19 heavy (non-hydrogen) atoms. The zero-order chi connectivity index (χ0) is 13.6. The molecule has 0 aliphatic rings. The van der Waals surface area contributed by atoms with Crippen molar-refractivity contribution in [2.24, 2.45) is 0 Å². The molecule has 2 aromatic heterocycles. The minimum Gasteiger partial charge on any atom is -0.493 e.